The Morgan fingerprint density at radius 3 is 2.96 bits per heavy atom. The largest absolute Gasteiger partial charge is 0.472 e. The van der Waals surface area contributed by atoms with E-state index in [-0.39, 0.29) is 24.5 Å². The maximum Gasteiger partial charge on any atom is 0.341 e. The number of ether oxygens (including phenoxy) is 1. The van der Waals surface area contributed by atoms with E-state index in [0.29, 0.717) is 17.0 Å². The fraction of sp³-hybridized carbons (Fsp3) is 0.294. The first kappa shape index (κ1) is 15.6. The molecule has 1 aliphatic rings. The van der Waals surface area contributed by atoms with Gasteiger partial charge in [-0.05, 0) is 23.8 Å². The van der Waals surface area contributed by atoms with Crippen LogP contribution >= 0.6 is 11.6 Å². The molecule has 2 unspecified atom stereocenters. The topological polar surface area (TPSA) is 59.8 Å². The second-order valence-electron chi connectivity index (χ2n) is 5.58. The number of furan rings is 1. The molecule has 2 aromatic rings. The van der Waals surface area contributed by atoms with Crippen LogP contribution in [0, 0.1) is 5.92 Å². The van der Waals surface area contributed by atoms with Gasteiger partial charge in [-0.3, -0.25) is 4.79 Å². The molecule has 5 nitrogen and oxygen atoms in total. The minimum atomic E-state index is -0.453. The van der Waals surface area contributed by atoms with Crippen LogP contribution in [0.1, 0.15) is 28.4 Å². The van der Waals surface area contributed by atoms with E-state index in [2.05, 4.69) is 0 Å². The summed E-state index contributed by atoms with van der Waals surface area (Å²) in [5, 5.41) is 0.615. The van der Waals surface area contributed by atoms with E-state index >= 15 is 0 Å². The normalized spacial score (nSPS) is 20.8. The number of rotatable bonds is 4. The summed E-state index contributed by atoms with van der Waals surface area (Å²) >= 11 is 6.05. The number of nitrogens with zero attached hydrogens (tertiary/aromatic N) is 1. The first-order valence-corrected chi connectivity index (χ1v) is 7.64. The maximum atomic E-state index is 12.1. The van der Waals surface area contributed by atoms with Gasteiger partial charge in [-0.2, -0.15) is 0 Å². The van der Waals surface area contributed by atoms with Crippen LogP contribution in [0.25, 0.3) is 0 Å². The van der Waals surface area contributed by atoms with Crippen LogP contribution in [-0.4, -0.2) is 30.4 Å². The minimum Gasteiger partial charge on any atom is -0.472 e. The lowest BCUT2D eigenvalue weighted by molar-refractivity contribution is -0.127. The molecule has 2 heterocycles. The fourth-order valence-electron chi connectivity index (χ4n) is 2.93. The van der Waals surface area contributed by atoms with Gasteiger partial charge in [-0.15, -0.1) is 0 Å². The van der Waals surface area contributed by atoms with Crippen LogP contribution in [0.5, 0.6) is 0 Å². The van der Waals surface area contributed by atoms with E-state index in [1.165, 1.54) is 12.5 Å². The van der Waals surface area contributed by atoms with Crippen molar-refractivity contribution in [3.63, 3.8) is 0 Å². The van der Waals surface area contributed by atoms with Crippen molar-refractivity contribution >= 4 is 23.5 Å². The fourth-order valence-corrected chi connectivity index (χ4v) is 3.13. The van der Waals surface area contributed by atoms with Gasteiger partial charge in [0.1, 0.15) is 6.26 Å². The highest BCUT2D eigenvalue weighted by Gasteiger charge is 2.39. The van der Waals surface area contributed by atoms with Crippen LogP contribution in [-0.2, 0) is 9.53 Å². The number of benzene rings is 1. The van der Waals surface area contributed by atoms with Gasteiger partial charge < -0.3 is 14.1 Å². The summed E-state index contributed by atoms with van der Waals surface area (Å²) in [6.07, 6.45) is 3.09. The number of hydrogen-bond donors (Lipinski definition) is 0. The Morgan fingerprint density at radius 2 is 2.26 bits per heavy atom. The Kier molecular flexibility index (Phi) is 4.39. The Morgan fingerprint density at radius 1 is 1.43 bits per heavy atom. The van der Waals surface area contributed by atoms with Gasteiger partial charge in [0.25, 0.3) is 0 Å². The molecule has 1 saturated heterocycles. The van der Waals surface area contributed by atoms with Crippen molar-refractivity contribution < 1.29 is 18.7 Å². The van der Waals surface area contributed by atoms with Crippen LogP contribution < -0.4 is 0 Å². The minimum absolute atomic E-state index is 0.0272. The summed E-state index contributed by atoms with van der Waals surface area (Å²) in [4.78, 5) is 25.7. The second kappa shape index (κ2) is 6.46. The molecule has 0 radical (unpaired) electrons. The zero-order valence-electron chi connectivity index (χ0n) is 12.6. The third-order valence-electron chi connectivity index (χ3n) is 4.07. The number of amides is 1. The lowest BCUT2D eigenvalue weighted by atomic mass is 9.94. The lowest BCUT2D eigenvalue weighted by Crippen LogP contribution is -2.26. The van der Waals surface area contributed by atoms with Crippen LogP contribution in [0.4, 0.5) is 0 Å². The first-order chi connectivity index (χ1) is 11.1. The summed E-state index contributed by atoms with van der Waals surface area (Å²) in [6, 6.07) is 8.79. The zero-order valence-corrected chi connectivity index (χ0v) is 13.3. The predicted octanol–water partition coefficient (Wildman–Crippen LogP) is 3.31. The molecule has 0 spiro atoms. The smallest absolute Gasteiger partial charge is 0.341 e. The standard InChI is InChI=1S/C17H16ClNO4/c1-19-15(20)8-13(10-23-17(21)12-5-6-22-9-12)16(19)11-3-2-4-14(18)7-11/h2-7,9,13,16H,8,10H2,1H3. The first-order valence-electron chi connectivity index (χ1n) is 7.26. The summed E-state index contributed by atoms with van der Waals surface area (Å²) in [7, 11) is 1.76. The molecule has 3 rings (SSSR count). The summed E-state index contributed by atoms with van der Waals surface area (Å²) in [5.74, 6) is -0.535. The van der Waals surface area contributed by atoms with E-state index in [4.69, 9.17) is 20.8 Å². The van der Waals surface area contributed by atoms with E-state index in [1.54, 1.807) is 24.1 Å². The highest BCUT2D eigenvalue weighted by atomic mass is 35.5. The highest BCUT2D eigenvalue weighted by Crippen LogP contribution is 2.37. The Bertz CT molecular complexity index is 713. The summed E-state index contributed by atoms with van der Waals surface area (Å²) in [6.45, 7) is 0.164. The van der Waals surface area contributed by atoms with E-state index in [1.807, 2.05) is 18.2 Å². The van der Waals surface area contributed by atoms with Gasteiger partial charge in [-0.25, -0.2) is 4.79 Å². The number of esters is 1. The number of likely N-dealkylation sites (tertiary alicyclic amines) is 1. The number of halogens is 1. The molecule has 1 aromatic heterocycles. The molecule has 2 atom stereocenters. The Balaban J connectivity index is 1.74. The second-order valence-corrected chi connectivity index (χ2v) is 6.02. The zero-order chi connectivity index (χ0) is 16.4. The SMILES string of the molecule is CN1C(=O)CC(COC(=O)c2ccoc2)C1c1cccc(Cl)c1. The number of hydrogen-bond acceptors (Lipinski definition) is 4. The molecule has 6 heteroatoms. The van der Waals surface area contributed by atoms with Gasteiger partial charge in [0.15, 0.2) is 0 Å². The molecular formula is C17H16ClNO4. The number of carbonyl (C=O) groups is 2. The molecule has 120 valence electrons. The third kappa shape index (κ3) is 3.24. The molecule has 0 bridgehead atoms. The molecule has 0 N–H and O–H groups in total. The monoisotopic (exact) mass is 333 g/mol. The maximum absolute atomic E-state index is 12.1. The number of carbonyl (C=O) groups excluding carboxylic acids is 2. The van der Waals surface area contributed by atoms with Gasteiger partial charge in [0, 0.05) is 24.4 Å². The molecule has 1 fully saturated rings. The van der Waals surface area contributed by atoms with Crippen molar-refractivity contribution in [3.05, 3.63) is 59.0 Å². The molecule has 1 aromatic carbocycles. The van der Waals surface area contributed by atoms with E-state index < -0.39 is 5.97 Å². The van der Waals surface area contributed by atoms with Crippen molar-refractivity contribution in [3.8, 4) is 0 Å². The Labute approximate surface area is 138 Å². The van der Waals surface area contributed by atoms with Gasteiger partial charge in [0.05, 0.1) is 24.5 Å². The average Bonchev–Trinajstić information content (AvgIpc) is 3.14. The van der Waals surface area contributed by atoms with Gasteiger partial charge in [-0.1, -0.05) is 23.7 Å². The molecule has 1 amide bonds. The molecule has 0 saturated carbocycles. The van der Waals surface area contributed by atoms with Crippen molar-refractivity contribution in [2.75, 3.05) is 13.7 Å². The van der Waals surface area contributed by atoms with Crippen molar-refractivity contribution in [2.45, 2.75) is 12.5 Å². The van der Waals surface area contributed by atoms with Crippen molar-refractivity contribution in [1.29, 1.82) is 0 Å². The Hall–Kier alpha value is -2.27. The quantitative estimate of drug-likeness (QED) is 0.805. The molecule has 1 aliphatic heterocycles. The highest BCUT2D eigenvalue weighted by molar-refractivity contribution is 6.30. The van der Waals surface area contributed by atoms with Crippen molar-refractivity contribution in [1.82, 2.24) is 4.90 Å². The van der Waals surface area contributed by atoms with Crippen LogP contribution in [0.3, 0.4) is 0 Å². The summed E-state index contributed by atoms with van der Waals surface area (Å²) in [5.41, 5.74) is 1.30. The summed E-state index contributed by atoms with van der Waals surface area (Å²) < 4.78 is 10.2. The average molecular weight is 334 g/mol. The van der Waals surface area contributed by atoms with Crippen LogP contribution in [0.15, 0.2) is 47.3 Å². The van der Waals surface area contributed by atoms with Gasteiger partial charge in [0.2, 0.25) is 5.91 Å². The lowest BCUT2D eigenvalue weighted by Gasteiger charge is -2.25. The molecule has 23 heavy (non-hydrogen) atoms. The van der Waals surface area contributed by atoms with E-state index in [0.717, 1.165) is 5.56 Å². The predicted molar refractivity (Wildman–Crippen MR) is 84.1 cm³/mol. The van der Waals surface area contributed by atoms with Crippen molar-refractivity contribution in [2.24, 2.45) is 5.92 Å². The molecular weight excluding hydrogens is 318 g/mol. The van der Waals surface area contributed by atoms with Gasteiger partial charge >= 0.3 is 5.97 Å². The molecule has 0 aliphatic carbocycles. The third-order valence-corrected chi connectivity index (χ3v) is 4.30. The van der Waals surface area contributed by atoms with E-state index in [9.17, 15) is 9.59 Å². The van der Waals surface area contributed by atoms with Crippen LogP contribution in [0.2, 0.25) is 5.02 Å².